The topological polar surface area (TPSA) is 43.4 Å². The lowest BCUT2D eigenvalue weighted by Gasteiger charge is -2.56. The van der Waals surface area contributed by atoms with Crippen LogP contribution in [0.15, 0.2) is 12.7 Å². The molecule has 0 heterocycles. The third kappa shape index (κ3) is 2.35. The summed E-state index contributed by atoms with van der Waals surface area (Å²) < 4.78 is 4.95. The molecule has 4 aliphatic carbocycles. The summed E-state index contributed by atoms with van der Waals surface area (Å²) in [6.07, 6.45) is 8.84. The molecule has 4 aliphatic rings. The quantitative estimate of drug-likeness (QED) is 0.565. The van der Waals surface area contributed by atoms with Crippen LogP contribution in [0.1, 0.15) is 44.9 Å². The fourth-order valence-electron chi connectivity index (χ4n) is 5.02. The molecule has 0 spiro atoms. The number of hydrogen-bond donors (Lipinski definition) is 0. The molecule has 0 aliphatic heterocycles. The number of carbonyl (C=O) groups excluding carboxylic acids is 2. The standard InChI is InChI=1S/C16H22O3/c1-2-15(18)19-4-3-14(17)16-8-11-5-12(9-16)7-13(6-11)10-16/h2,11-13H,1,3-10H2. The van der Waals surface area contributed by atoms with Gasteiger partial charge in [0.2, 0.25) is 0 Å². The van der Waals surface area contributed by atoms with Gasteiger partial charge in [-0.25, -0.2) is 4.79 Å². The molecule has 0 saturated heterocycles. The van der Waals surface area contributed by atoms with Crippen molar-refractivity contribution in [1.82, 2.24) is 0 Å². The molecule has 0 aromatic carbocycles. The van der Waals surface area contributed by atoms with Crippen LogP contribution < -0.4 is 0 Å². The second-order valence-electron chi connectivity index (χ2n) is 6.74. The van der Waals surface area contributed by atoms with E-state index in [4.69, 9.17) is 4.74 Å². The lowest BCUT2D eigenvalue weighted by atomic mass is 9.48. The highest BCUT2D eigenvalue weighted by atomic mass is 16.5. The number of carbonyl (C=O) groups is 2. The maximum absolute atomic E-state index is 12.5. The normalized spacial score (nSPS) is 39.1. The predicted octanol–water partition coefficient (Wildman–Crippen LogP) is 2.89. The van der Waals surface area contributed by atoms with Crippen LogP contribution in [0, 0.1) is 23.2 Å². The molecule has 0 unspecified atom stereocenters. The minimum Gasteiger partial charge on any atom is -0.462 e. The molecule has 0 radical (unpaired) electrons. The first kappa shape index (κ1) is 12.9. The maximum atomic E-state index is 12.5. The highest BCUT2D eigenvalue weighted by Gasteiger charge is 2.53. The van der Waals surface area contributed by atoms with Crippen LogP contribution in [-0.4, -0.2) is 18.4 Å². The average Bonchev–Trinajstić information content (AvgIpc) is 2.36. The summed E-state index contributed by atoms with van der Waals surface area (Å²) in [4.78, 5) is 23.5. The van der Waals surface area contributed by atoms with E-state index in [0.29, 0.717) is 12.2 Å². The molecule has 3 nitrogen and oxygen atoms in total. The van der Waals surface area contributed by atoms with Crippen molar-refractivity contribution in [2.45, 2.75) is 44.9 Å². The van der Waals surface area contributed by atoms with E-state index in [2.05, 4.69) is 6.58 Å². The Balaban J connectivity index is 1.60. The van der Waals surface area contributed by atoms with Crippen LogP contribution in [0.2, 0.25) is 0 Å². The van der Waals surface area contributed by atoms with E-state index in [0.717, 1.165) is 43.1 Å². The van der Waals surface area contributed by atoms with Crippen molar-refractivity contribution in [3.8, 4) is 0 Å². The van der Waals surface area contributed by atoms with Gasteiger partial charge in [0.05, 0.1) is 6.61 Å². The molecule has 4 bridgehead atoms. The third-order valence-corrected chi connectivity index (χ3v) is 5.37. The largest absolute Gasteiger partial charge is 0.462 e. The van der Waals surface area contributed by atoms with Gasteiger partial charge >= 0.3 is 5.97 Å². The minimum absolute atomic E-state index is 0.0602. The molecule has 0 N–H and O–H groups in total. The summed E-state index contributed by atoms with van der Waals surface area (Å²) in [6, 6.07) is 0. The van der Waals surface area contributed by atoms with E-state index in [9.17, 15) is 9.59 Å². The van der Waals surface area contributed by atoms with Crippen molar-refractivity contribution in [3.63, 3.8) is 0 Å². The zero-order chi connectivity index (χ0) is 13.5. The van der Waals surface area contributed by atoms with E-state index in [1.54, 1.807) is 0 Å². The Hall–Kier alpha value is -1.12. The number of hydrogen-bond acceptors (Lipinski definition) is 3. The van der Waals surface area contributed by atoms with Crippen molar-refractivity contribution in [2.24, 2.45) is 23.2 Å². The number of Topliss-reactive ketones (excluding diaryl/α,β-unsaturated/α-hetero) is 1. The first-order valence-electron chi connectivity index (χ1n) is 7.44. The van der Waals surface area contributed by atoms with Gasteiger partial charge in [-0.3, -0.25) is 4.79 Å². The Kier molecular flexibility index (Phi) is 3.23. The Morgan fingerprint density at radius 3 is 2.11 bits per heavy atom. The van der Waals surface area contributed by atoms with Gasteiger partial charge in [-0.05, 0) is 56.3 Å². The Morgan fingerprint density at radius 1 is 1.11 bits per heavy atom. The molecule has 104 valence electrons. The average molecular weight is 262 g/mol. The first-order chi connectivity index (χ1) is 9.11. The lowest BCUT2D eigenvalue weighted by Crippen LogP contribution is -2.50. The summed E-state index contributed by atoms with van der Waals surface area (Å²) in [5.41, 5.74) is -0.0602. The smallest absolute Gasteiger partial charge is 0.330 e. The van der Waals surface area contributed by atoms with E-state index >= 15 is 0 Å². The van der Waals surface area contributed by atoms with Crippen molar-refractivity contribution >= 4 is 11.8 Å². The minimum atomic E-state index is -0.432. The van der Waals surface area contributed by atoms with E-state index < -0.39 is 5.97 Å². The van der Waals surface area contributed by atoms with Crippen LogP contribution in [0.4, 0.5) is 0 Å². The molecular formula is C16H22O3. The maximum Gasteiger partial charge on any atom is 0.330 e. The number of ketones is 1. The summed E-state index contributed by atoms with van der Waals surface area (Å²) in [5.74, 6) is 2.25. The van der Waals surface area contributed by atoms with Crippen molar-refractivity contribution < 1.29 is 14.3 Å². The van der Waals surface area contributed by atoms with Gasteiger partial charge in [-0.15, -0.1) is 0 Å². The van der Waals surface area contributed by atoms with Gasteiger partial charge in [0.15, 0.2) is 0 Å². The van der Waals surface area contributed by atoms with Gasteiger partial charge in [-0.1, -0.05) is 6.58 Å². The van der Waals surface area contributed by atoms with Crippen molar-refractivity contribution in [3.05, 3.63) is 12.7 Å². The molecule has 3 heteroatoms. The fraction of sp³-hybridized carbons (Fsp3) is 0.750. The second kappa shape index (κ2) is 4.77. The Bertz CT molecular complexity index is 375. The number of esters is 1. The van der Waals surface area contributed by atoms with Crippen molar-refractivity contribution in [2.75, 3.05) is 6.61 Å². The molecule has 0 atom stereocenters. The highest BCUT2D eigenvalue weighted by molar-refractivity contribution is 5.86. The number of ether oxygens (including phenoxy) is 1. The number of rotatable bonds is 5. The van der Waals surface area contributed by atoms with Gasteiger partial charge in [0.25, 0.3) is 0 Å². The van der Waals surface area contributed by atoms with E-state index in [-0.39, 0.29) is 12.0 Å². The van der Waals surface area contributed by atoms with Gasteiger partial charge in [0, 0.05) is 17.9 Å². The van der Waals surface area contributed by atoms with Crippen LogP contribution in [0.5, 0.6) is 0 Å². The van der Waals surface area contributed by atoms with Gasteiger partial charge in [0.1, 0.15) is 5.78 Å². The van der Waals surface area contributed by atoms with Gasteiger partial charge < -0.3 is 4.74 Å². The van der Waals surface area contributed by atoms with E-state index in [1.165, 1.54) is 19.3 Å². The van der Waals surface area contributed by atoms with Gasteiger partial charge in [-0.2, -0.15) is 0 Å². The van der Waals surface area contributed by atoms with Crippen molar-refractivity contribution in [1.29, 1.82) is 0 Å². The SMILES string of the molecule is C=CC(=O)OCCC(=O)C12CC3CC(CC(C3)C1)C2. The fourth-order valence-corrected chi connectivity index (χ4v) is 5.02. The van der Waals surface area contributed by atoms with Crippen LogP contribution >= 0.6 is 0 Å². The third-order valence-electron chi connectivity index (χ3n) is 5.37. The zero-order valence-electron chi connectivity index (χ0n) is 11.4. The summed E-state index contributed by atoms with van der Waals surface area (Å²) in [7, 11) is 0. The molecule has 19 heavy (non-hydrogen) atoms. The molecule has 0 aromatic rings. The zero-order valence-corrected chi connectivity index (χ0v) is 11.4. The predicted molar refractivity (Wildman–Crippen MR) is 71.4 cm³/mol. The molecule has 4 fully saturated rings. The summed E-state index contributed by atoms with van der Waals surface area (Å²) in [6.45, 7) is 3.57. The Labute approximate surface area is 114 Å². The van der Waals surface area contributed by atoms with Crippen LogP contribution in [-0.2, 0) is 14.3 Å². The van der Waals surface area contributed by atoms with Crippen LogP contribution in [0.3, 0.4) is 0 Å². The first-order valence-corrected chi connectivity index (χ1v) is 7.44. The second-order valence-corrected chi connectivity index (χ2v) is 6.74. The molecule has 0 amide bonds. The molecular weight excluding hydrogens is 240 g/mol. The van der Waals surface area contributed by atoms with E-state index in [1.807, 2.05) is 0 Å². The monoisotopic (exact) mass is 262 g/mol. The molecule has 0 aromatic heterocycles. The lowest BCUT2D eigenvalue weighted by molar-refractivity contribution is -0.147. The molecule has 4 rings (SSSR count). The van der Waals surface area contributed by atoms with Crippen LogP contribution in [0.25, 0.3) is 0 Å². The summed E-state index contributed by atoms with van der Waals surface area (Å²) >= 11 is 0. The summed E-state index contributed by atoms with van der Waals surface area (Å²) in [5, 5.41) is 0. The molecule has 4 saturated carbocycles. The highest BCUT2D eigenvalue weighted by Crippen LogP contribution is 2.60. The Morgan fingerprint density at radius 2 is 1.63 bits per heavy atom.